The number of nitrogens with two attached hydrogens (primary N) is 1. The fourth-order valence-corrected chi connectivity index (χ4v) is 1.57. The second-order valence-corrected chi connectivity index (χ2v) is 4.29. The number of hydrogen-bond donors (Lipinski definition) is 3. The molecule has 1 aromatic carbocycles. The smallest absolute Gasteiger partial charge is 0.228 e. The molecule has 1 atom stereocenters. The minimum atomic E-state index is -0.366. The molecule has 0 bridgehead atoms. The molecule has 18 heavy (non-hydrogen) atoms. The molecule has 2 amide bonds. The van der Waals surface area contributed by atoms with Crippen LogP contribution in [0.4, 0.5) is 5.69 Å². The van der Waals surface area contributed by atoms with Gasteiger partial charge in [-0.05, 0) is 24.7 Å². The number of benzene rings is 1. The van der Waals surface area contributed by atoms with E-state index in [0.29, 0.717) is 6.54 Å². The molecule has 0 aliphatic rings. The molecule has 1 rings (SSSR count). The predicted molar refractivity (Wildman–Crippen MR) is 71.1 cm³/mol. The SMILES string of the molecule is CNCC(C)C(=O)Nc1ccc(CC(N)=O)cc1. The molecule has 5 heteroatoms. The van der Waals surface area contributed by atoms with E-state index in [1.807, 2.05) is 14.0 Å². The van der Waals surface area contributed by atoms with Crippen molar-refractivity contribution in [2.24, 2.45) is 11.7 Å². The van der Waals surface area contributed by atoms with Crippen molar-refractivity contribution in [3.8, 4) is 0 Å². The van der Waals surface area contributed by atoms with Crippen molar-refractivity contribution in [1.82, 2.24) is 5.32 Å². The molecule has 0 saturated heterocycles. The molecule has 1 aromatic rings. The highest BCUT2D eigenvalue weighted by Gasteiger charge is 2.11. The van der Waals surface area contributed by atoms with E-state index >= 15 is 0 Å². The van der Waals surface area contributed by atoms with Crippen molar-refractivity contribution < 1.29 is 9.59 Å². The van der Waals surface area contributed by atoms with Gasteiger partial charge < -0.3 is 16.4 Å². The summed E-state index contributed by atoms with van der Waals surface area (Å²) in [7, 11) is 1.81. The van der Waals surface area contributed by atoms with Crippen molar-refractivity contribution >= 4 is 17.5 Å². The third-order valence-corrected chi connectivity index (χ3v) is 2.56. The van der Waals surface area contributed by atoms with Crippen LogP contribution >= 0.6 is 0 Å². The van der Waals surface area contributed by atoms with E-state index in [-0.39, 0.29) is 24.2 Å². The third kappa shape index (κ3) is 4.55. The van der Waals surface area contributed by atoms with Crippen LogP contribution in [0, 0.1) is 5.92 Å². The quantitative estimate of drug-likeness (QED) is 0.686. The highest BCUT2D eigenvalue weighted by atomic mass is 16.2. The summed E-state index contributed by atoms with van der Waals surface area (Å²) in [4.78, 5) is 22.5. The molecule has 4 N–H and O–H groups in total. The summed E-state index contributed by atoms with van der Waals surface area (Å²) in [5.74, 6) is -0.498. The van der Waals surface area contributed by atoms with Gasteiger partial charge in [-0.3, -0.25) is 9.59 Å². The Labute approximate surface area is 107 Å². The predicted octanol–water partition coefficient (Wildman–Crippen LogP) is 0.508. The fraction of sp³-hybridized carbons (Fsp3) is 0.385. The third-order valence-electron chi connectivity index (χ3n) is 2.56. The van der Waals surface area contributed by atoms with Gasteiger partial charge in [-0.25, -0.2) is 0 Å². The van der Waals surface area contributed by atoms with E-state index in [1.165, 1.54) is 0 Å². The Morgan fingerprint density at radius 3 is 2.39 bits per heavy atom. The molecule has 0 fully saturated rings. The summed E-state index contributed by atoms with van der Waals surface area (Å²) < 4.78 is 0. The first-order valence-electron chi connectivity index (χ1n) is 5.85. The standard InChI is InChI=1S/C13H19N3O2/c1-9(8-15-2)13(18)16-11-5-3-10(4-6-11)7-12(14)17/h3-6,9,15H,7-8H2,1-2H3,(H2,14,17)(H,16,18). The molecule has 5 nitrogen and oxygen atoms in total. The Kier molecular flexibility index (Phi) is 5.32. The number of amides is 2. The van der Waals surface area contributed by atoms with E-state index in [1.54, 1.807) is 24.3 Å². The zero-order valence-electron chi connectivity index (χ0n) is 10.7. The number of carbonyl (C=O) groups excluding carboxylic acids is 2. The van der Waals surface area contributed by atoms with Crippen molar-refractivity contribution in [2.45, 2.75) is 13.3 Å². The van der Waals surface area contributed by atoms with Gasteiger partial charge in [0.1, 0.15) is 0 Å². The Balaban J connectivity index is 2.58. The van der Waals surface area contributed by atoms with Gasteiger partial charge in [0.2, 0.25) is 11.8 Å². The largest absolute Gasteiger partial charge is 0.369 e. The fourth-order valence-electron chi connectivity index (χ4n) is 1.57. The lowest BCUT2D eigenvalue weighted by atomic mass is 10.1. The number of anilines is 1. The van der Waals surface area contributed by atoms with E-state index in [4.69, 9.17) is 5.73 Å². The van der Waals surface area contributed by atoms with E-state index < -0.39 is 0 Å². The average molecular weight is 249 g/mol. The second kappa shape index (κ2) is 6.76. The zero-order valence-corrected chi connectivity index (χ0v) is 10.7. The topological polar surface area (TPSA) is 84.2 Å². The van der Waals surface area contributed by atoms with Gasteiger partial charge in [0, 0.05) is 18.2 Å². The first-order chi connectivity index (χ1) is 8.52. The normalized spacial score (nSPS) is 11.9. The lowest BCUT2D eigenvalue weighted by Gasteiger charge is -2.11. The van der Waals surface area contributed by atoms with Gasteiger partial charge in [-0.2, -0.15) is 0 Å². The van der Waals surface area contributed by atoms with E-state index in [0.717, 1.165) is 11.3 Å². The highest BCUT2D eigenvalue weighted by Crippen LogP contribution is 2.11. The van der Waals surface area contributed by atoms with Gasteiger partial charge in [0.15, 0.2) is 0 Å². The highest BCUT2D eigenvalue weighted by molar-refractivity contribution is 5.92. The minimum Gasteiger partial charge on any atom is -0.369 e. The maximum atomic E-state index is 11.7. The van der Waals surface area contributed by atoms with Crippen LogP contribution in [0.5, 0.6) is 0 Å². The molecule has 0 heterocycles. The molecule has 0 saturated carbocycles. The van der Waals surface area contributed by atoms with Crippen LogP contribution in [-0.2, 0) is 16.0 Å². The van der Waals surface area contributed by atoms with Crippen LogP contribution in [0.3, 0.4) is 0 Å². The van der Waals surface area contributed by atoms with Gasteiger partial charge in [-0.15, -0.1) is 0 Å². The lowest BCUT2D eigenvalue weighted by Crippen LogP contribution is -2.28. The first-order valence-corrected chi connectivity index (χ1v) is 5.85. The Bertz CT molecular complexity index is 415. The van der Waals surface area contributed by atoms with Crippen LogP contribution in [0.15, 0.2) is 24.3 Å². The molecule has 98 valence electrons. The molecular formula is C13H19N3O2. The van der Waals surface area contributed by atoms with Crippen molar-refractivity contribution in [3.05, 3.63) is 29.8 Å². The van der Waals surface area contributed by atoms with Gasteiger partial charge in [0.05, 0.1) is 6.42 Å². The summed E-state index contributed by atoms with van der Waals surface area (Å²) in [5, 5.41) is 5.76. The summed E-state index contributed by atoms with van der Waals surface area (Å²) in [6.07, 6.45) is 0.213. The number of hydrogen-bond acceptors (Lipinski definition) is 3. The molecule has 1 unspecified atom stereocenters. The lowest BCUT2D eigenvalue weighted by molar-refractivity contribution is -0.119. The van der Waals surface area contributed by atoms with Crippen molar-refractivity contribution in [3.63, 3.8) is 0 Å². The molecule has 0 radical (unpaired) electrons. The van der Waals surface area contributed by atoms with Crippen LogP contribution in [0.2, 0.25) is 0 Å². The van der Waals surface area contributed by atoms with Crippen LogP contribution in [-0.4, -0.2) is 25.4 Å². The molecular weight excluding hydrogens is 230 g/mol. The molecule has 0 aromatic heterocycles. The summed E-state index contributed by atoms with van der Waals surface area (Å²) >= 11 is 0. The van der Waals surface area contributed by atoms with E-state index in [9.17, 15) is 9.59 Å². The van der Waals surface area contributed by atoms with E-state index in [2.05, 4.69) is 10.6 Å². The Morgan fingerprint density at radius 2 is 1.89 bits per heavy atom. The van der Waals surface area contributed by atoms with Crippen molar-refractivity contribution in [2.75, 3.05) is 18.9 Å². The number of primary amides is 1. The van der Waals surface area contributed by atoms with Crippen LogP contribution in [0.1, 0.15) is 12.5 Å². The van der Waals surface area contributed by atoms with Crippen LogP contribution < -0.4 is 16.4 Å². The number of nitrogens with one attached hydrogen (secondary N) is 2. The summed E-state index contributed by atoms with van der Waals surface area (Å²) in [6, 6.07) is 7.09. The van der Waals surface area contributed by atoms with Gasteiger partial charge >= 0.3 is 0 Å². The van der Waals surface area contributed by atoms with Crippen molar-refractivity contribution in [1.29, 1.82) is 0 Å². The average Bonchev–Trinajstić information content (AvgIpc) is 2.31. The zero-order chi connectivity index (χ0) is 13.5. The Morgan fingerprint density at radius 1 is 1.28 bits per heavy atom. The monoisotopic (exact) mass is 249 g/mol. The number of rotatable bonds is 6. The molecule has 0 spiro atoms. The first kappa shape index (κ1) is 14.2. The molecule has 0 aliphatic carbocycles. The van der Waals surface area contributed by atoms with Gasteiger partial charge in [-0.1, -0.05) is 19.1 Å². The minimum absolute atomic E-state index is 0.0352. The summed E-state index contributed by atoms with van der Waals surface area (Å²) in [5.41, 5.74) is 6.66. The maximum Gasteiger partial charge on any atom is 0.228 e. The second-order valence-electron chi connectivity index (χ2n) is 4.29. The maximum absolute atomic E-state index is 11.7. The van der Waals surface area contributed by atoms with Crippen LogP contribution in [0.25, 0.3) is 0 Å². The summed E-state index contributed by atoms with van der Waals surface area (Å²) in [6.45, 7) is 2.49. The molecule has 0 aliphatic heterocycles. The van der Waals surface area contributed by atoms with Gasteiger partial charge in [0.25, 0.3) is 0 Å². The Hall–Kier alpha value is -1.88. The number of carbonyl (C=O) groups is 2.